The first-order valence-electron chi connectivity index (χ1n) is 7.20. The number of hydrogen-bond acceptors (Lipinski definition) is 7. The van der Waals surface area contributed by atoms with Gasteiger partial charge in [-0.15, -0.1) is 5.10 Å². The van der Waals surface area contributed by atoms with E-state index in [0.29, 0.717) is 6.54 Å². The standard InChI is InChI=1S/C13H16FN7O4/c1-4-19-11(14)9(6-16-19)5-15-17-12(22)8(2)20-7-10(21(23)24)13(18-20)25-3/h5-8H,4H2,1-3H3,(H,17,22)/b15-5+. The van der Waals surface area contributed by atoms with Crippen molar-refractivity contribution in [1.82, 2.24) is 25.0 Å². The number of halogens is 1. The number of ether oxygens (including phenoxy) is 1. The quantitative estimate of drug-likeness (QED) is 0.446. The van der Waals surface area contributed by atoms with Gasteiger partial charge in [-0.2, -0.15) is 14.6 Å². The average molecular weight is 353 g/mol. The van der Waals surface area contributed by atoms with Crippen molar-refractivity contribution in [2.75, 3.05) is 7.11 Å². The summed E-state index contributed by atoms with van der Waals surface area (Å²) in [6, 6.07) is -0.900. The van der Waals surface area contributed by atoms with E-state index in [4.69, 9.17) is 4.74 Å². The Labute approximate surface area is 141 Å². The summed E-state index contributed by atoms with van der Waals surface area (Å²) < 4.78 is 20.8. The zero-order valence-corrected chi connectivity index (χ0v) is 13.7. The van der Waals surface area contributed by atoms with Gasteiger partial charge in [0.2, 0.25) is 5.95 Å². The molecular weight excluding hydrogens is 337 g/mol. The van der Waals surface area contributed by atoms with Crippen LogP contribution in [0.3, 0.4) is 0 Å². The molecule has 0 saturated carbocycles. The minimum atomic E-state index is -0.900. The third-order valence-corrected chi connectivity index (χ3v) is 3.33. The fourth-order valence-corrected chi connectivity index (χ4v) is 1.91. The molecule has 1 N–H and O–H groups in total. The number of carbonyl (C=O) groups excluding carboxylic acids is 1. The van der Waals surface area contributed by atoms with E-state index in [1.165, 1.54) is 20.2 Å². The zero-order chi connectivity index (χ0) is 18.6. The maximum absolute atomic E-state index is 13.7. The van der Waals surface area contributed by atoms with Gasteiger partial charge in [0, 0.05) is 6.54 Å². The second kappa shape index (κ2) is 7.51. The van der Waals surface area contributed by atoms with Crippen molar-refractivity contribution in [3.8, 4) is 5.88 Å². The summed E-state index contributed by atoms with van der Waals surface area (Å²) >= 11 is 0. The molecule has 1 atom stereocenters. The monoisotopic (exact) mass is 353 g/mol. The lowest BCUT2D eigenvalue weighted by Crippen LogP contribution is -2.27. The zero-order valence-electron chi connectivity index (χ0n) is 13.7. The van der Waals surface area contributed by atoms with E-state index in [2.05, 4.69) is 20.7 Å². The van der Waals surface area contributed by atoms with Crippen LogP contribution in [0.5, 0.6) is 5.88 Å². The number of aromatic nitrogens is 4. The van der Waals surface area contributed by atoms with Gasteiger partial charge in [0.25, 0.3) is 5.91 Å². The molecule has 0 aliphatic carbocycles. The molecule has 0 aromatic carbocycles. The highest BCUT2D eigenvalue weighted by Gasteiger charge is 2.25. The lowest BCUT2D eigenvalue weighted by molar-refractivity contribution is -0.385. The number of carbonyl (C=O) groups is 1. The first-order valence-corrected chi connectivity index (χ1v) is 7.20. The SMILES string of the molecule is CCn1ncc(/C=N/NC(=O)C(C)n2cc([N+](=O)[O-])c(OC)n2)c1F. The number of nitrogens with one attached hydrogen (secondary N) is 1. The third kappa shape index (κ3) is 3.79. The number of methoxy groups -OCH3 is 1. The molecule has 0 aliphatic rings. The Kier molecular flexibility index (Phi) is 5.41. The van der Waals surface area contributed by atoms with Crippen LogP contribution in [0.2, 0.25) is 0 Å². The van der Waals surface area contributed by atoms with Crippen LogP contribution in [-0.2, 0) is 11.3 Å². The third-order valence-electron chi connectivity index (χ3n) is 3.33. The minimum Gasteiger partial charge on any atom is -0.475 e. The van der Waals surface area contributed by atoms with Crippen molar-refractivity contribution in [1.29, 1.82) is 0 Å². The maximum atomic E-state index is 13.7. The molecule has 25 heavy (non-hydrogen) atoms. The van der Waals surface area contributed by atoms with E-state index in [0.717, 1.165) is 21.8 Å². The Morgan fingerprint density at radius 2 is 2.36 bits per heavy atom. The van der Waals surface area contributed by atoms with Gasteiger partial charge in [0.15, 0.2) is 0 Å². The van der Waals surface area contributed by atoms with Crippen molar-refractivity contribution in [3.63, 3.8) is 0 Å². The average Bonchev–Trinajstić information content (AvgIpc) is 3.18. The lowest BCUT2D eigenvalue weighted by atomic mass is 10.3. The molecule has 2 aromatic heterocycles. The second-order valence-corrected chi connectivity index (χ2v) is 4.88. The molecule has 0 saturated heterocycles. The van der Waals surface area contributed by atoms with E-state index < -0.39 is 22.8 Å². The molecular formula is C13H16FN7O4. The Balaban J connectivity index is 2.06. The van der Waals surface area contributed by atoms with Crippen molar-refractivity contribution in [2.24, 2.45) is 5.10 Å². The number of hydrogen-bond donors (Lipinski definition) is 1. The van der Waals surface area contributed by atoms with Gasteiger partial charge in [0.05, 0.1) is 30.0 Å². The van der Waals surface area contributed by atoms with Gasteiger partial charge in [-0.3, -0.25) is 14.9 Å². The summed E-state index contributed by atoms with van der Waals surface area (Å²) in [6.07, 6.45) is 3.47. The summed E-state index contributed by atoms with van der Waals surface area (Å²) in [5.41, 5.74) is 1.97. The molecule has 2 rings (SSSR count). The van der Waals surface area contributed by atoms with E-state index in [9.17, 15) is 19.3 Å². The fourth-order valence-electron chi connectivity index (χ4n) is 1.91. The predicted octanol–water partition coefficient (Wildman–Crippen LogP) is 0.867. The summed E-state index contributed by atoms with van der Waals surface area (Å²) in [5, 5.41) is 22.2. The normalized spacial score (nSPS) is 12.3. The first-order chi connectivity index (χ1) is 11.9. The highest BCUT2D eigenvalue weighted by molar-refractivity contribution is 5.83. The van der Waals surface area contributed by atoms with Gasteiger partial charge in [0.1, 0.15) is 12.2 Å². The van der Waals surface area contributed by atoms with Crippen LogP contribution in [-0.4, -0.2) is 43.7 Å². The van der Waals surface area contributed by atoms with Gasteiger partial charge in [-0.25, -0.2) is 14.8 Å². The second-order valence-electron chi connectivity index (χ2n) is 4.88. The predicted molar refractivity (Wildman–Crippen MR) is 83.7 cm³/mol. The van der Waals surface area contributed by atoms with Crippen LogP contribution in [0.4, 0.5) is 10.1 Å². The molecule has 1 amide bonds. The number of hydrazone groups is 1. The number of amides is 1. The summed E-state index contributed by atoms with van der Waals surface area (Å²) in [5.74, 6) is -1.37. The van der Waals surface area contributed by atoms with Crippen molar-refractivity contribution < 1.29 is 18.8 Å². The summed E-state index contributed by atoms with van der Waals surface area (Å²) in [6.45, 7) is 3.57. The van der Waals surface area contributed by atoms with Crippen LogP contribution in [0, 0.1) is 16.1 Å². The van der Waals surface area contributed by atoms with Gasteiger partial charge < -0.3 is 4.74 Å². The Hall–Kier alpha value is -3.31. The van der Waals surface area contributed by atoms with E-state index >= 15 is 0 Å². The van der Waals surface area contributed by atoms with Crippen molar-refractivity contribution >= 4 is 17.8 Å². The molecule has 0 spiro atoms. The van der Waals surface area contributed by atoms with Crippen LogP contribution in [0.1, 0.15) is 25.5 Å². The molecule has 0 fully saturated rings. The van der Waals surface area contributed by atoms with Crippen LogP contribution in [0.15, 0.2) is 17.5 Å². The number of rotatable bonds is 7. The maximum Gasteiger partial charge on any atom is 0.350 e. The minimum absolute atomic E-state index is 0.117. The van der Waals surface area contributed by atoms with Crippen LogP contribution >= 0.6 is 0 Å². The van der Waals surface area contributed by atoms with E-state index in [-0.39, 0.29) is 17.1 Å². The Bertz CT molecular complexity index is 813. The lowest BCUT2D eigenvalue weighted by Gasteiger charge is -2.08. The van der Waals surface area contributed by atoms with Gasteiger partial charge >= 0.3 is 11.6 Å². The smallest absolute Gasteiger partial charge is 0.350 e. The molecule has 134 valence electrons. The first kappa shape index (κ1) is 18.0. The number of nitro groups is 1. The Morgan fingerprint density at radius 1 is 1.64 bits per heavy atom. The number of aryl methyl sites for hydroxylation is 1. The van der Waals surface area contributed by atoms with Crippen molar-refractivity contribution in [2.45, 2.75) is 26.4 Å². The fraction of sp³-hybridized carbons (Fsp3) is 0.385. The molecule has 11 nitrogen and oxygen atoms in total. The molecule has 1 unspecified atom stereocenters. The molecule has 0 radical (unpaired) electrons. The van der Waals surface area contributed by atoms with Gasteiger partial charge in [-0.05, 0) is 13.8 Å². The molecule has 0 aliphatic heterocycles. The van der Waals surface area contributed by atoms with Gasteiger partial charge in [-0.1, -0.05) is 0 Å². The Morgan fingerprint density at radius 3 is 2.88 bits per heavy atom. The highest BCUT2D eigenvalue weighted by atomic mass is 19.1. The summed E-state index contributed by atoms with van der Waals surface area (Å²) in [7, 11) is 1.24. The van der Waals surface area contributed by atoms with Crippen molar-refractivity contribution in [3.05, 3.63) is 34.0 Å². The molecule has 2 heterocycles. The van der Waals surface area contributed by atoms with Crippen LogP contribution in [0.25, 0.3) is 0 Å². The summed E-state index contributed by atoms with van der Waals surface area (Å²) in [4.78, 5) is 22.3. The number of nitrogens with zero attached hydrogens (tertiary/aromatic N) is 6. The molecule has 12 heteroatoms. The van der Waals surface area contributed by atoms with E-state index in [1.54, 1.807) is 6.92 Å². The largest absolute Gasteiger partial charge is 0.475 e. The topological polar surface area (TPSA) is 129 Å². The molecule has 0 bridgehead atoms. The molecule has 2 aromatic rings. The van der Waals surface area contributed by atoms with E-state index in [1.807, 2.05) is 0 Å². The van der Waals surface area contributed by atoms with Crippen LogP contribution < -0.4 is 10.2 Å². The highest BCUT2D eigenvalue weighted by Crippen LogP contribution is 2.25.